The SMILES string of the molecule is FC(F)C1(F)CCCc2cc(Br)ccc21. The van der Waals surface area contributed by atoms with Crippen LogP contribution in [0.15, 0.2) is 22.7 Å². The van der Waals surface area contributed by atoms with Gasteiger partial charge in [-0.15, -0.1) is 0 Å². The highest BCUT2D eigenvalue weighted by molar-refractivity contribution is 9.10. The fourth-order valence-corrected chi connectivity index (χ4v) is 2.48. The average molecular weight is 279 g/mol. The highest BCUT2D eigenvalue weighted by Gasteiger charge is 2.45. The summed E-state index contributed by atoms with van der Waals surface area (Å²) in [6.45, 7) is 0. The van der Waals surface area contributed by atoms with E-state index in [4.69, 9.17) is 0 Å². The van der Waals surface area contributed by atoms with Crippen LogP contribution in [0.2, 0.25) is 0 Å². The van der Waals surface area contributed by atoms with Gasteiger partial charge in [0, 0.05) is 4.47 Å². The van der Waals surface area contributed by atoms with E-state index in [1.165, 1.54) is 6.07 Å². The Morgan fingerprint density at radius 2 is 2.07 bits per heavy atom. The van der Waals surface area contributed by atoms with Gasteiger partial charge < -0.3 is 0 Å². The molecule has 0 N–H and O–H groups in total. The maximum Gasteiger partial charge on any atom is 0.276 e. The molecule has 0 spiro atoms. The second-order valence-corrected chi connectivity index (χ2v) is 4.73. The third-order valence-corrected chi connectivity index (χ3v) is 3.34. The Bertz CT molecular complexity index is 378. The number of benzene rings is 1. The van der Waals surface area contributed by atoms with Gasteiger partial charge in [-0.2, -0.15) is 0 Å². The molecule has 0 saturated carbocycles. The van der Waals surface area contributed by atoms with Crippen LogP contribution in [0.25, 0.3) is 0 Å². The van der Waals surface area contributed by atoms with Crippen LogP contribution in [0.5, 0.6) is 0 Å². The van der Waals surface area contributed by atoms with Crippen molar-refractivity contribution in [2.24, 2.45) is 0 Å². The van der Waals surface area contributed by atoms with Crippen molar-refractivity contribution in [1.82, 2.24) is 0 Å². The number of rotatable bonds is 1. The number of halogens is 4. The maximum absolute atomic E-state index is 14.1. The van der Waals surface area contributed by atoms with Gasteiger partial charge in [-0.3, -0.25) is 0 Å². The molecule has 0 aliphatic heterocycles. The molecule has 1 aromatic carbocycles. The zero-order valence-electron chi connectivity index (χ0n) is 7.94. The van der Waals surface area contributed by atoms with Crippen molar-refractivity contribution in [2.45, 2.75) is 31.4 Å². The zero-order chi connectivity index (χ0) is 11.1. The molecule has 1 aliphatic rings. The summed E-state index contributed by atoms with van der Waals surface area (Å²) in [5, 5.41) is 0. The van der Waals surface area contributed by atoms with E-state index in [0.29, 0.717) is 18.4 Å². The first kappa shape index (κ1) is 11.0. The summed E-state index contributed by atoms with van der Waals surface area (Å²) in [6.07, 6.45) is -1.88. The number of alkyl halides is 3. The molecule has 1 aromatic rings. The molecule has 0 radical (unpaired) electrons. The predicted octanol–water partition coefficient (Wildman–Crippen LogP) is 4.22. The lowest BCUT2D eigenvalue weighted by Crippen LogP contribution is -2.33. The van der Waals surface area contributed by atoms with Crippen molar-refractivity contribution < 1.29 is 13.2 Å². The molecule has 2 rings (SSSR count). The zero-order valence-corrected chi connectivity index (χ0v) is 9.53. The molecule has 1 aliphatic carbocycles. The summed E-state index contributed by atoms with van der Waals surface area (Å²) in [4.78, 5) is 0. The Morgan fingerprint density at radius 1 is 1.33 bits per heavy atom. The lowest BCUT2D eigenvalue weighted by Gasteiger charge is -2.31. The molecule has 0 heterocycles. The molecule has 0 saturated heterocycles. The minimum atomic E-state index is -2.95. The second kappa shape index (κ2) is 3.81. The molecular weight excluding hydrogens is 269 g/mol. The van der Waals surface area contributed by atoms with Gasteiger partial charge in [-0.25, -0.2) is 13.2 Å². The van der Waals surface area contributed by atoms with Gasteiger partial charge in [0.15, 0.2) is 5.67 Å². The lowest BCUT2D eigenvalue weighted by molar-refractivity contribution is -0.0501. The standard InChI is InChI=1S/C11H10BrF3/c12-8-3-4-9-7(6-8)2-1-5-11(9,15)10(13)14/h3-4,6,10H,1-2,5H2. The minimum absolute atomic E-state index is 0.0840. The van der Waals surface area contributed by atoms with Gasteiger partial charge in [0.25, 0.3) is 6.43 Å². The Kier molecular flexibility index (Phi) is 2.79. The van der Waals surface area contributed by atoms with E-state index >= 15 is 0 Å². The van der Waals surface area contributed by atoms with Crippen LogP contribution in [0.1, 0.15) is 24.0 Å². The molecule has 4 heteroatoms. The van der Waals surface area contributed by atoms with E-state index in [2.05, 4.69) is 15.9 Å². The van der Waals surface area contributed by atoms with Crippen molar-refractivity contribution >= 4 is 15.9 Å². The van der Waals surface area contributed by atoms with Crippen molar-refractivity contribution in [3.63, 3.8) is 0 Å². The van der Waals surface area contributed by atoms with E-state index in [0.717, 1.165) is 4.47 Å². The lowest BCUT2D eigenvalue weighted by atomic mass is 9.81. The fraction of sp³-hybridized carbons (Fsp3) is 0.455. The third-order valence-electron chi connectivity index (χ3n) is 2.85. The van der Waals surface area contributed by atoms with Gasteiger partial charge in [0.2, 0.25) is 0 Å². The van der Waals surface area contributed by atoms with Crippen LogP contribution in [0.3, 0.4) is 0 Å². The Morgan fingerprint density at radius 3 is 2.73 bits per heavy atom. The van der Waals surface area contributed by atoms with E-state index in [1.807, 2.05) is 0 Å². The fourth-order valence-electron chi connectivity index (χ4n) is 2.07. The van der Waals surface area contributed by atoms with Crippen LogP contribution in [-0.4, -0.2) is 6.43 Å². The molecule has 1 atom stereocenters. The first-order chi connectivity index (χ1) is 7.04. The van der Waals surface area contributed by atoms with Gasteiger partial charge in [-0.1, -0.05) is 22.0 Å². The third kappa shape index (κ3) is 1.80. The molecule has 15 heavy (non-hydrogen) atoms. The summed E-state index contributed by atoms with van der Waals surface area (Å²) in [7, 11) is 0. The summed E-state index contributed by atoms with van der Waals surface area (Å²) >= 11 is 3.26. The van der Waals surface area contributed by atoms with E-state index < -0.39 is 12.1 Å². The molecule has 0 nitrogen and oxygen atoms in total. The monoisotopic (exact) mass is 278 g/mol. The number of hydrogen-bond donors (Lipinski definition) is 0. The van der Waals surface area contributed by atoms with Gasteiger partial charge in [0.05, 0.1) is 0 Å². The molecule has 0 bridgehead atoms. The quantitative estimate of drug-likeness (QED) is 0.722. The second-order valence-electron chi connectivity index (χ2n) is 3.82. The molecule has 0 amide bonds. The van der Waals surface area contributed by atoms with Gasteiger partial charge >= 0.3 is 0 Å². The first-order valence-corrected chi connectivity index (χ1v) is 5.59. The van der Waals surface area contributed by atoms with Crippen LogP contribution in [-0.2, 0) is 12.1 Å². The minimum Gasteiger partial charge on any atom is -0.232 e. The molecule has 0 fully saturated rings. The summed E-state index contributed by atoms with van der Waals surface area (Å²) in [5.74, 6) is 0. The van der Waals surface area contributed by atoms with Crippen LogP contribution in [0.4, 0.5) is 13.2 Å². The van der Waals surface area contributed by atoms with Crippen LogP contribution >= 0.6 is 15.9 Å². The van der Waals surface area contributed by atoms with Crippen molar-refractivity contribution in [2.75, 3.05) is 0 Å². The first-order valence-electron chi connectivity index (χ1n) is 4.80. The van der Waals surface area contributed by atoms with E-state index in [1.54, 1.807) is 12.1 Å². The normalized spacial score (nSPS) is 25.4. The Labute approximate surface area is 94.6 Å². The summed E-state index contributed by atoms with van der Waals surface area (Å²) in [5.41, 5.74) is -1.60. The highest BCUT2D eigenvalue weighted by Crippen LogP contribution is 2.43. The topological polar surface area (TPSA) is 0 Å². The van der Waals surface area contributed by atoms with Crippen molar-refractivity contribution in [3.8, 4) is 0 Å². The maximum atomic E-state index is 14.1. The average Bonchev–Trinajstić information content (AvgIpc) is 2.17. The van der Waals surface area contributed by atoms with Crippen LogP contribution < -0.4 is 0 Å². The summed E-state index contributed by atoms with van der Waals surface area (Å²) < 4.78 is 40.3. The highest BCUT2D eigenvalue weighted by atomic mass is 79.9. The van der Waals surface area contributed by atoms with Crippen molar-refractivity contribution in [3.05, 3.63) is 33.8 Å². The van der Waals surface area contributed by atoms with Crippen molar-refractivity contribution in [1.29, 1.82) is 0 Å². The largest absolute Gasteiger partial charge is 0.276 e. The molecule has 82 valence electrons. The van der Waals surface area contributed by atoms with Gasteiger partial charge in [0.1, 0.15) is 0 Å². The van der Waals surface area contributed by atoms with Gasteiger partial charge in [-0.05, 0) is 42.5 Å². The molecule has 0 aromatic heterocycles. The molecule has 1 unspecified atom stereocenters. The van der Waals surface area contributed by atoms with E-state index in [9.17, 15) is 13.2 Å². The number of aryl methyl sites for hydroxylation is 1. The molecular formula is C11H10BrF3. The Balaban J connectivity index is 2.51. The summed E-state index contributed by atoms with van der Waals surface area (Å²) in [6, 6.07) is 4.80. The predicted molar refractivity (Wildman–Crippen MR) is 55.9 cm³/mol. The van der Waals surface area contributed by atoms with E-state index in [-0.39, 0.29) is 12.0 Å². The van der Waals surface area contributed by atoms with Crippen LogP contribution in [0, 0.1) is 0 Å². The number of hydrogen-bond acceptors (Lipinski definition) is 0. The smallest absolute Gasteiger partial charge is 0.232 e. The number of fused-ring (bicyclic) bond motifs is 1. The Hall–Kier alpha value is -0.510.